The Morgan fingerprint density at radius 3 is 2.03 bits per heavy atom. The minimum absolute atomic E-state index is 0.0216. The molecule has 2 atom stereocenters. The average molecular weight is 741 g/mol. The molecule has 2 heteroatoms. The van der Waals surface area contributed by atoms with E-state index in [4.69, 9.17) is 9.15 Å². The third-order valence-corrected chi connectivity index (χ3v) is 13.1. The van der Waals surface area contributed by atoms with E-state index >= 15 is 0 Å². The van der Waals surface area contributed by atoms with Gasteiger partial charge in [0.2, 0.25) is 0 Å². The number of rotatable bonds is 3. The van der Waals surface area contributed by atoms with Crippen LogP contribution in [-0.4, -0.2) is 6.10 Å². The molecule has 13 rings (SSSR count). The van der Waals surface area contributed by atoms with Crippen molar-refractivity contribution in [3.63, 3.8) is 0 Å². The van der Waals surface area contributed by atoms with E-state index in [0.717, 1.165) is 46.3 Å². The summed E-state index contributed by atoms with van der Waals surface area (Å²) in [5.74, 6) is 1.22. The Bertz CT molecular complexity index is 3500. The van der Waals surface area contributed by atoms with E-state index in [2.05, 4.69) is 182 Å². The molecule has 0 bridgehead atoms. The predicted octanol–water partition coefficient (Wildman–Crippen LogP) is 15.3. The molecular weight excluding hydrogens is 705 g/mol. The fourth-order valence-electron chi connectivity index (χ4n) is 10.4. The van der Waals surface area contributed by atoms with E-state index in [1.165, 1.54) is 87.4 Å². The summed E-state index contributed by atoms with van der Waals surface area (Å²) in [6.07, 6.45) is 11.5. The second-order valence-electron chi connectivity index (χ2n) is 16.2. The van der Waals surface area contributed by atoms with Crippen molar-refractivity contribution in [2.24, 2.45) is 0 Å². The van der Waals surface area contributed by atoms with Gasteiger partial charge in [-0.25, -0.2) is 0 Å². The fraction of sp³-hybridized carbons (Fsp3) is 0.0714. The van der Waals surface area contributed by atoms with Gasteiger partial charge in [0.05, 0.1) is 5.92 Å². The SMILES string of the molecule is C1=CC2=C(C=CC3Oc4cc(-c5c6ccccc6c(-c6ccc7c(c6)oc6ccc8ccccc8c67)c6ccc(-c7ccc8ccccc8c7)cc56)ccc4C23)CC1. The molecular formula is C56H36O2. The van der Waals surface area contributed by atoms with Crippen LogP contribution in [0.4, 0.5) is 0 Å². The van der Waals surface area contributed by atoms with E-state index in [1.54, 1.807) is 0 Å². The average Bonchev–Trinajstić information content (AvgIpc) is 3.86. The first-order valence-electron chi connectivity index (χ1n) is 20.4. The first-order chi connectivity index (χ1) is 28.7. The Labute approximate surface area is 335 Å². The maximum atomic E-state index is 6.80. The summed E-state index contributed by atoms with van der Waals surface area (Å²) in [5.41, 5.74) is 13.1. The molecule has 9 aromatic carbocycles. The van der Waals surface area contributed by atoms with Gasteiger partial charge in [-0.3, -0.25) is 0 Å². The highest BCUT2D eigenvalue weighted by atomic mass is 16.5. The Kier molecular flexibility index (Phi) is 6.71. The van der Waals surface area contributed by atoms with E-state index in [0.29, 0.717) is 0 Å². The van der Waals surface area contributed by atoms with Gasteiger partial charge in [-0.2, -0.15) is 0 Å². The first-order valence-corrected chi connectivity index (χ1v) is 20.4. The summed E-state index contributed by atoms with van der Waals surface area (Å²) >= 11 is 0. The number of benzene rings is 9. The molecule has 0 N–H and O–H groups in total. The number of ether oxygens (including phenoxy) is 1. The number of hydrogen-bond donors (Lipinski definition) is 0. The fourth-order valence-corrected chi connectivity index (χ4v) is 10.4. The van der Waals surface area contributed by atoms with Crippen LogP contribution < -0.4 is 4.74 Å². The van der Waals surface area contributed by atoms with Gasteiger partial charge in [-0.1, -0.05) is 140 Å². The number of allylic oxidation sites excluding steroid dienone is 4. The molecule has 58 heavy (non-hydrogen) atoms. The highest BCUT2D eigenvalue weighted by Crippen LogP contribution is 2.51. The minimum Gasteiger partial charge on any atom is -0.485 e. The van der Waals surface area contributed by atoms with Crippen molar-refractivity contribution in [2.45, 2.75) is 24.9 Å². The maximum absolute atomic E-state index is 6.80. The van der Waals surface area contributed by atoms with Gasteiger partial charge in [0.1, 0.15) is 23.0 Å². The smallest absolute Gasteiger partial charge is 0.136 e. The third-order valence-electron chi connectivity index (χ3n) is 13.1. The van der Waals surface area contributed by atoms with E-state index in [-0.39, 0.29) is 12.0 Å². The summed E-state index contributed by atoms with van der Waals surface area (Å²) in [5, 5.41) is 12.1. The summed E-state index contributed by atoms with van der Waals surface area (Å²) in [7, 11) is 0. The van der Waals surface area contributed by atoms with E-state index < -0.39 is 0 Å². The van der Waals surface area contributed by atoms with Crippen molar-refractivity contribution in [1.82, 2.24) is 0 Å². The van der Waals surface area contributed by atoms with Crippen LogP contribution in [0.15, 0.2) is 198 Å². The predicted molar refractivity (Wildman–Crippen MR) is 242 cm³/mol. The van der Waals surface area contributed by atoms with Gasteiger partial charge in [-0.15, -0.1) is 0 Å². The van der Waals surface area contributed by atoms with Crippen molar-refractivity contribution < 1.29 is 9.15 Å². The lowest BCUT2D eigenvalue weighted by Gasteiger charge is -2.26. The molecule has 0 spiro atoms. The van der Waals surface area contributed by atoms with Crippen LogP contribution in [-0.2, 0) is 0 Å². The van der Waals surface area contributed by atoms with Gasteiger partial charge in [0.25, 0.3) is 0 Å². The van der Waals surface area contributed by atoms with Crippen LogP contribution in [0.3, 0.4) is 0 Å². The van der Waals surface area contributed by atoms with Crippen molar-refractivity contribution in [3.05, 3.63) is 199 Å². The first kappa shape index (κ1) is 32.0. The normalized spacial score (nSPS) is 17.1. The molecule has 0 radical (unpaired) electrons. The van der Waals surface area contributed by atoms with Crippen molar-refractivity contribution >= 4 is 65.0 Å². The molecule has 0 amide bonds. The largest absolute Gasteiger partial charge is 0.485 e. The second kappa shape index (κ2) is 12.2. The lowest BCUT2D eigenvalue weighted by molar-refractivity contribution is 0.265. The van der Waals surface area contributed by atoms with Crippen molar-refractivity contribution in [2.75, 3.05) is 0 Å². The van der Waals surface area contributed by atoms with Gasteiger partial charge < -0.3 is 9.15 Å². The molecule has 272 valence electrons. The highest BCUT2D eigenvalue weighted by Gasteiger charge is 2.38. The van der Waals surface area contributed by atoms with E-state index in [9.17, 15) is 0 Å². The molecule has 0 saturated heterocycles. The lowest BCUT2D eigenvalue weighted by Crippen LogP contribution is -2.21. The van der Waals surface area contributed by atoms with Gasteiger partial charge in [0.15, 0.2) is 0 Å². The standard InChI is InChI=1S/C56H36O2/c1-2-12-36-29-37(18-17-33(36)9-1)38-19-24-45-48(30-38)54(40-21-26-47-52(32-40)58-50-28-23-35-11-4-6-14-42(35)56(47)50)44-16-8-7-15-43(44)53(45)39-20-25-46-51(31-39)57-49-27-22-34-10-3-5-13-41(34)55(46)49/h1-3,5-10,12-32,50,56H,4,11H2. The Balaban J connectivity index is 1.06. The quantitative estimate of drug-likeness (QED) is 0.168. The summed E-state index contributed by atoms with van der Waals surface area (Å²) < 4.78 is 13.4. The third kappa shape index (κ3) is 4.66. The molecule has 1 aliphatic heterocycles. The van der Waals surface area contributed by atoms with Crippen molar-refractivity contribution in [3.8, 4) is 39.1 Å². The molecule has 2 nitrogen and oxygen atoms in total. The van der Waals surface area contributed by atoms with Crippen LogP contribution in [0, 0.1) is 0 Å². The van der Waals surface area contributed by atoms with Gasteiger partial charge >= 0.3 is 0 Å². The van der Waals surface area contributed by atoms with Gasteiger partial charge in [-0.05, 0) is 143 Å². The molecule has 2 unspecified atom stereocenters. The Hall–Kier alpha value is -7.16. The summed E-state index contributed by atoms with van der Waals surface area (Å²) in [6, 6.07) is 58.0. The van der Waals surface area contributed by atoms with Crippen molar-refractivity contribution in [1.29, 1.82) is 0 Å². The lowest BCUT2D eigenvalue weighted by atomic mass is 9.78. The molecule has 2 aliphatic carbocycles. The molecule has 0 saturated carbocycles. The number of fused-ring (bicyclic) bond motifs is 12. The molecule has 2 heterocycles. The maximum Gasteiger partial charge on any atom is 0.136 e. The number of furan rings is 1. The van der Waals surface area contributed by atoms with Crippen LogP contribution >= 0.6 is 0 Å². The Morgan fingerprint density at radius 2 is 1.14 bits per heavy atom. The monoisotopic (exact) mass is 740 g/mol. The topological polar surface area (TPSA) is 22.4 Å². The van der Waals surface area contributed by atoms with Crippen LogP contribution in [0.2, 0.25) is 0 Å². The molecule has 0 fully saturated rings. The van der Waals surface area contributed by atoms with Gasteiger partial charge in [0, 0.05) is 16.3 Å². The van der Waals surface area contributed by atoms with Crippen LogP contribution in [0.5, 0.6) is 5.75 Å². The second-order valence-corrected chi connectivity index (χ2v) is 16.2. The highest BCUT2D eigenvalue weighted by molar-refractivity contribution is 6.24. The zero-order valence-electron chi connectivity index (χ0n) is 31.7. The molecule has 3 aliphatic rings. The number of hydrogen-bond acceptors (Lipinski definition) is 2. The molecule has 10 aromatic rings. The zero-order valence-corrected chi connectivity index (χ0v) is 31.7. The zero-order chi connectivity index (χ0) is 37.9. The summed E-state index contributed by atoms with van der Waals surface area (Å²) in [4.78, 5) is 0. The Morgan fingerprint density at radius 1 is 0.466 bits per heavy atom. The van der Waals surface area contributed by atoms with E-state index in [1.807, 2.05) is 0 Å². The minimum atomic E-state index is 0.0216. The molecule has 1 aromatic heterocycles. The van der Waals surface area contributed by atoms with Crippen LogP contribution in [0.1, 0.15) is 24.3 Å². The summed E-state index contributed by atoms with van der Waals surface area (Å²) in [6.45, 7) is 0. The van der Waals surface area contributed by atoms with Crippen LogP contribution in [0.25, 0.3) is 98.4 Å².